The molecule has 0 radical (unpaired) electrons. The number of guanidine groups is 1. The van der Waals surface area contributed by atoms with E-state index in [0.29, 0.717) is 19.5 Å². The monoisotopic (exact) mass is 543 g/mol. The van der Waals surface area contributed by atoms with Gasteiger partial charge in [0.1, 0.15) is 0 Å². The van der Waals surface area contributed by atoms with Gasteiger partial charge in [-0.2, -0.15) is 0 Å². The van der Waals surface area contributed by atoms with E-state index in [4.69, 9.17) is 9.73 Å². The van der Waals surface area contributed by atoms with Gasteiger partial charge in [-0.05, 0) is 38.3 Å². The number of ether oxygens (including phenoxy) is 1. The molecule has 2 aliphatic rings. The topological polar surface area (TPSA) is 69.2 Å². The first-order chi connectivity index (χ1) is 14.5. The van der Waals surface area contributed by atoms with E-state index in [9.17, 15) is 4.79 Å². The molecule has 0 atom stereocenters. The number of amides is 1. The van der Waals surface area contributed by atoms with E-state index in [-0.39, 0.29) is 35.4 Å². The molecule has 2 N–H and O–H groups in total. The van der Waals surface area contributed by atoms with Crippen LogP contribution in [0.1, 0.15) is 44.7 Å². The normalized spacial score (nSPS) is 18.1. The smallest absolute Gasteiger partial charge is 0.222 e. The zero-order valence-electron chi connectivity index (χ0n) is 19.2. The van der Waals surface area contributed by atoms with Gasteiger partial charge in [0.15, 0.2) is 5.96 Å². The van der Waals surface area contributed by atoms with Crippen LogP contribution in [0.15, 0.2) is 29.3 Å². The van der Waals surface area contributed by atoms with Crippen molar-refractivity contribution in [3.63, 3.8) is 0 Å². The van der Waals surface area contributed by atoms with E-state index in [1.54, 1.807) is 0 Å². The van der Waals surface area contributed by atoms with Crippen molar-refractivity contribution in [2.24, 2.45) is 4.99 Å². The van der Waals surface area contributed by atoms with Gasteiger partial charge in [0.05, 0.1) is 19.8 Å². The summed E-state index contributed by atoms with van der Waals surface area (Å²) in [7, 11) is 0. The standard InChI is InChI=1S/C23H37N5O2.HI/c1-4-24-22(26-18-23(2,3)28-11-13-30-14-12-28)25-16-19-7-5-8-20(15-19)17-27-10-6-9-21(27)29;/h5,7-8,15H,4,6,9-14,16-18H2,1-3H3,(H2,24,25,26);1H. The predicted molar refractivity (Wildman–Crippen MR) is 136 cm³/mol. The van der Waals surface area contributed by atoms with Crippen LogP contribution in [0.5, 0.6) is 0 Å². The third-order valence-corrected chi connectivity index (χ3v) is 5.86. The van der Waals surface area contributed by atoms with Gasteiger partial charge in [0.2, 0.25) is 5.91 Å². The third-order valence-electron chi connectivity index (χ3n) is 5.86. The minimum absolute atomic E-state index is 0. The lowest BCUT2D eigenvalue weighted by molar-refractivity contribution is -0.128. The molecule has 2 aliphatic heterocycles. The van der Waals surface area contributed by atoms with E-state index in [1.165, 1.54) is 5.56 Å². The molecule has 1 aromatic carbocycles. The third kappa shape index (κ3) is 7.91. The summed E-state index contributed by atoms with van der Waals surface area (Å²) in [6, 6.07) is 8.41. The largest absolute Gasteiger partial charge is 0.379 e. The van der Waals surface area contributed by atoms with Gasteiger partial charge in [0.25, 0.3) is 0 Å². The van der Waals surface area contributed by atoms with Crippen LogP contribution >= 0.6 is 24.0 Å². The summed E-state index contributed by atoms with van der Waals surface area (Å²) in [5.74, 6) is 1.10. The lowest BCUT2D eigenvalue weighted by Crippen LogP contribution is -2.56. The first-order valence-corrected chi connectivity index (χ1v) is 11.2. The zero-order valence-corrected chi connectivity index (χ0v) is 21.5. The highest BCUT2D eigenvalue weighted by Gasteiger charge is 2.28. The number of likely N-dealkylation sites (tertiary alicyclic amines) is 1. The van der Waals surface area contributed by atoms with Crippen molar-refractivity contribution in [3.05, 3.63) is 35.4 Å². The molecule has 8 heteroatoms. The Morgan fingerprint density at radius 3 is 2.58 bits per heavy atom. The Labute approximate surface area is 204 Å². The fourth-order valence-electron chi connectivity index (χ4n) is 4.01. The molecule has 0 spiro atoms. The second kappa shape index (κ2) is 12.6. The molecule has 0 saturated carbocycles. The van der Waals surface area contributed by atoms with Crippen LogP contribution in [0, 0.1) is 0 Å². The quantitative estimate of drug-likeness (QED) is 0.300. The second-order valence-corrected chi connectivity index (χ2v) is 8.70. The van der Waals surface area contributed by atoms with Crippen LogP contribution in [0.25, 0.3) is 0 Å². The maximum Gasteiger partial charge on any atom is 0.222 e. The van der Waals surface area contributed by atoms with Crippen LogP contribution in [0.2, 0.25) is 0 Å². The number of nitrogens with one attached hydrogen (secondary N) is 2. The van der Waals surface area contributed by atoms with Gasteiger partial charge < -0.3 is 20.3 Å². The lowest BCUT2D eigenvalue weighted by atomic mass is 10.0. The summed E-state index contributed by atoms with van der Waals surface area (Å²) >= 11 is 0. The van der Waals surface area contributed by atoms with E-state index in [2.05, 4.69) is 60.6 Å². The SMILES string of the molecule is CCNC(=NCc1cccc(CN2CCCC2=O)c1)NCC(C)(C)N1CCOCC1.I. The van der Waals surface area contributed by atoms with E-state index in [0.717, 1.165) is 63.9 Å². The van der Waals surface area contributed by atoms with E-state index < -0.39 is 0 Å². The Morgan fingerprint density at radius 1 is 1.16 bits per heavy atom. The molecule has 0 bridgehead atoms. The van der Waals surface area contributed by atoms with Crippen LogP contribution < -0.4 is 10.6 Å². The van der Waals surface area contributed by atoms with Crippen LogP contribution in [0.3, 0.4) is 0 Å². The van der Waals surface area contributed by atoms with Gasteiger partial charge in [-0.25, -0.2) is 4.99 Å². The Morgan fingerprint density at radius 2 is 1.90 bits per heavy atom. The molecular weight excluding hydrogens is 505 g/mol. The van der Waals surface area contributed by atoms with Crippen molar-refractivity contribution < 1.29 is 9.53 Å². The maximum atomic E-state index is 11.9. The highest BCUT2D eigenvalue weighted by molar-refractivity contribution is 14.0. The van der Waals surface area contributed by atoms with Crippen molar-refractivity contribution in [1.82, 2.24) is 20.4 Å². The first kappa shape index (κ1) is 25.9. The van der Waals surface area contributed by atoms with E-state index >= 15 is 0 Å². The molecule has 0 aromatic heterocycles. The fourth-order valence-corrected chi connectivity index (χ4v) is 4.01. The number of hydrogen-bond acceptors (Lipinski definition) is 4. The van der Waals surface area contributed by atoms with E-state index in [1.807, 2.05) is 4.90 Å². The minimum atomic E-state index is 0. The highest BCUT2D eigenvalue weighted by Crippen LogP contribution is 2.16. The van der Waals surface area contributed by atoms with Crippen LogP contribution in [-0.2, 0) is 22.6 Å². The number of aliphatic imine (C=N–C) groups is 1. The summed E-state index contributed by atoms with van der Waals surface area (Å²) in [4.78, 5) is 21.1. The summed E-state index contributed by atoms with van der Waals surface area (Å²) in [6.45, 7) is 14.0. The van der Waals surface area contributed by atoms with Crippen LogP contribution in [0.4, 0.5) is 0 Å². The predicted octanol–water partition coefficient (Wildman–Crippen LogP) is 2.59. The van der Waals surface area contributed by atoms with Crippen molar-refractivity contribution in [3.8, 4) is 0 Å². The Hall–Kier alpha value is -1.39. The summed E-state index contributed by atoms with van der Waals surface area (Å²) < 4.78 is 5.48. The van der Waals surface area contributed by atoms with Crippen molar-refractivity contribution >= 4 is 35.8 Å². The molecule has 7 nitrogen and oxygen atoms in total. The number of rotatable bonds is 8. The second-order valence-electron chi connectivity index (χ2n) is 8.70. The summed E-state index contributed by atoms with van der Waals surface area (Å²) in [6.07, 6.45) is 1.66. The first-order valence-electron chi connectivity index (χ1n) is 11.2. The highest BCUT2D eigenvalue weighted by atomic mass is 127. The molecule has 0 aliphatic carbocycles. The average molecular weight is 543 g/mol. The molecular formula is C23H38IN5O2. The average Bonchev–Trinajstić information content (AvgIpc) is 3.15. The fraction of sp³-hybridized carbons (Fsp3) is 0.652. The molecule has 2 saturated heterocycles. The number of nitrogens with zero attached hydrogens (tertiary/aromatic N) is 3. The van der Waals surface area contributed by atoms with Gasteiger partial charge in [-0.3, -0.25) is 9.69 Å². The molecule has 174 valence electrons. The number of carbonyl (C=O) groups is 1. The number of hydrogen-bond donors (Lipinski definition) is 2. The minimum Gasteiger partial charge on any atom is -0.379 e. The van der Waals surface area contributed by atoms with Crippen molar-refractivity contribution in [1.29, 1.82) is 0 Å². The number of benzene rings is 1. The molecule has 31 heavy (non-hydrogen) atoms. The van der Waals surface area contributed by atoms with Gasteiger partial charge in [-0.1, -0.05) is 24.3 Å². The molecule has 3 rings (SSSR count). The maximum absolute atomic E-state index is 11.9. The summed E-state index contributed by atoms with van der Waals surface area (Å²) in [5.41, 5.74) is 2.36. The summed E-state index contributed by atoms with van der Waals surface area (Å²) in [5, 5.41) is 6.86. The Balaban J connectivity index is 0.00000341. The number of morpholine rings is 1. The molecule has 0 unspecified atom stereocenters. The van der Waals surface area contributed by atoms with Crippen molar-refractivity contribution in [2.75, 3.05) is 45.9 Å². The molecule has 2 heterocycles. The van der Waals surface area contributed by atoms with Crippen LogP contribution in [-0.4, -0.2) is 73.1 Å². The Kier molecular flexibility index (Phi) is 10.5. The number of halogens is 1. The van der Waals surface area contributed by atoms with Gasteiger partial charge in [-0.15, -0.1) is 24.0 Å². The lowest BCUT2D eigenvalue weighted by Gasteiger charge is -2.41. The number of carbonyl (C=O) groups excluding carboxylic acids is 1. The molecule has 2 fully saturated rings. The zero-order chi connectivity index (χ0) is 21.4. The Bertz CT molecular complexity index is 734. The molecule has 1 aromatic rings. The van der Waals surface area contributed by atoms with Gasteiger partial charge in [0, 0.05) is 51.2 Å². The van der Waals surface area contributed by atoms with Gasteiger partial charge >= 0.3 is 0 Å². The molecule has 1 amide bonds. The van der Waals surface area contributed by atoms with Crippen molar-refractivity contribution in [2.45, 2.75) is 52.2 Å².